The molecule has 1 unspecified atom stereocenters. The Morgan fingerprint density at radius 3 is 2.80 bits per heavy atom. The number of nitro groups is 1. The summed E-state index contributed by atoms with van der Waals surface area (Å²) in [5.74, 6) is -0.611. The molecule has 0 spiro atoms. The predicted molar refractivity (Wildman–Crippen MR) is 73.0 cm³/mol. The first kappa shape index (κ1) is 13.9. The normalized spacial score (nSPS) is 16.1. The highest BCUT2D eigenvalue weighted by molar-refractivity contribution is 5.96. The molecule has 20 heavy (non-hydrogen) atoms. The van der Waals surface area contributed by atoms with Gasteiger partial charge in [0.15, 0.2) is 5.78 Å². The molecule has 5 nitrogen and oxygen atoms in total. The number of hydrogen-bond acceptors (Lipinski definition) is 4. The van der Waals surface area contributed by atoms with Crippen LogP contribution in [0.15, 0.2) is 35.9 Å². The number of para-hydroxylation sites is 1. The summed E-state index contributed by atoms with van der Waals surface area (Å²) >= 11 is 0. The lowest BCUT2D eigenvalue weighted by Gasteiger charge is -2.15. The molecular weight excluding hydrogens is 256 g/mol. The van der Waals surface area contributed by atoms with Crippen molar-refractivity contribution in [3.8, 4) is 6.07 Å². The summed E-state index contributed by atoms with van der Waals surface area (Å²) in [6.07, 6.45) is 4.27. The predicted octanol–water partition coefficient (Wildman–Crippen LogP) is 3.27. The minimum Gasteiger partial charge on any atom is -0.295 e. The van der Waals surface area contributed by atoms with Crippen LogP contribution < -0.4 is 0 Å². The molecular formula is C15H14N2O3. The van der Waals surface area contributed by atoms with Crippen molar-refractivity contribution < 1.29 is 9.72 Å². The second-order valence-electron chi connectivity index (χ2n) is 4.75. The van der Waals surface area contributed by atoms with Crippen LogP contribution in [0.2, 0.25) is 0 Å². The van der Waals surface area contributed by atoms with Crippen LogP contribution in [0, 0.1) is 21.4 Å². The molecule has 0 saturated carbocycles. The number of nitrogens with zero attached hydrogens (tertiary/aromatic N) is 2. The van der Waals surface area contributed by atoms with Gasteiger partial charge in [-0.05, 0) is 24.8 Å². The minimum atomic E-state index is -0.662. The van der Waals surface area contributed by atoms with Crippen LogP contribution in [-0.2, 0) is 4.79 Å². The van der Waals surface area contributed by atoms with Gasteiger partial charge < -0.3 is 0 Å². The van der Waals surface area contributed by atoms with E-state index in [2.05, 4.69) is 6.07 Å². The van der Waals surface area contributed by atoms with E-state index in [1.807, 2.05) is 6.08 Å². The van der Waals surface area contributed by atoms with Crippen LogP contribution in [0.3, 0.4) is 0 Å². The average Bonchev–Trinajstić information content (AvgIpc) is 2.46. The maximum absolute atomic E-state index is 11.8. The Hall–Kier alpha value is -2.48. The zero-order valence-corrected chi connectivity index (χ0v) is 10.9. The number of hydrogen-bond donors (Lipinski definition) is 0. The molecule has 0 aromatic heterocycles. The quantitative estimate of drug-likeness (QED) is 0.620. The van der Waals surface area contributed by atoms with E-state index < -0.39 is 10.8 Å². The molecule has 102 valence electrons. The molecule has 0 heterocycles. The van der Waals surface area contributed by atoms with Gasteiger partial charge in [-0.25, -0.2) is 0 Å². The van der Waals surface area contributed by atoms with E-state index in [9.17, 15) is 20.2 Å². The first-order valence-corrected chi connectivity index (χ1v) is 6.48. The van der Waals surface area contributed by atoms with E-state index in [0.29, 0.717) is 17.6 Å². The molecule has 1 atom stereocenters. The second kappa shape index (κ2) is 6.11. The Kier molecular flexibility index (Phi) is 4.26. The zero-order valence-electron chi connectivity index (χ0n) is 10.9. The van der Waals surface area contributed by atoms with Crippen LogP contribution in [0.5, 0.6) is 0 Å². The highest BCUT2D eigenvalue weighted by Gasteiger charge is 2.25. The van der Waals surface area contributed by atoms with Gasteiger partial charge >= 0.3 is 0 Å². The van der Waals surface area contributed by atoms with E-state index >= 15 is 0 Å². The van der Waals surface area contributed by atoms with Gasteiger partial charge in [0.05, 0.1) is 16.9 Å². The molecule has 5 heteroatoms. The van der Waals surface area contributed by atoms with Crippen molar-refractivity contribution >= 4 is 11.5 Å². The van der Waals surface area contributed by atoms with Gasteiger partial charge in [0.2, 0.25) is 0 Å². The number of rotatable bonds is 4. The van der Waals surface area contributed by atoms with Gasteiger partial charge in [0.1, 0.15) is 0 Å². The molecule has 1 aromatic carbocycles. The Balaban J connectivity index is 2.30. The summed E-state index contributed by atoms with van der Waals surface area (Å²) in [6, 6.07) is 8.29. The molecule has 1 aliphatic rings. The van der Waals surface area contributed by atoms with Crippen molar-refractivity contribution in [1.82, 2.24) is 0 Å². The maximum atomic E-state index is 11.8. The van der Waals surface area contributed by atoms with Gasteiger partial charge in [-0.1, -0.05) is 24.3 Å². The Labute approximate surface area is 116 Å². The average molecular weight is 270 g/mol. The first-order chi connectivity index (χ1) is 9.63. The van der Waals surface area contributed by atoms with Crippen LogP contribution >= 0.6 is 0 Å². The van der Waals surface area contributed by atoms with Gasteiger partial charge in [-0.3, -0.25) is 14.9 Å². The number of allylic oxidation sites excluding steroid dienone is 2. The molecule has 1 aliphatic carbocycles. The topological polar surface area (TPSA) is 84.0 Å². The second-order valence-corrected chi connectivity index (χ2v) is 4.75. The third-order valence-corrected chi connectivity index (χ3v) is 3.45. The third kappa shape index (κ3) is 2.91. The van der Waals surface area contributed by atoms with Crippen LogP contribution in [0.1, 0.15) is 37.2 Å². The largest absolute Gasteiger partial charge is 0.295 e. The monoisotopic (exact) mass is 270 g/mol. The van der Waals surface area contributed by atoms with E-state index in [4.69, 9.17) is 0 Å². The number of nitriles is 1. The summed E-state index contributed by atoms with van der Waals surface area (Å²) in [6.45, 7) is 0. The van der Waals surface area contributed by atoms with E-state index in [1.165, 1.54) is 6.07 Å². The van der Waals surface area contributed by atoms with Crippen molar-refractivity contribution in [2.75, 3.05) is 0 Å². The zero-order chi connectivity index (χ0) is 14.5. The fourth-order valence-electron chi connectivity index (χ4n) is 2.40. The van der Waals surface area contributed by atoms with Crippen LogP contribution in [0.4, 0.5) is 5.69 Å². The Bertz CT molecular complexity index is 614. The van der Waals surface area contributed by atoms with Crippen LogP contribution in [-0.4, -0.2) is 10.7 Å². The third-order valence-electron chi connectivity index (χ3n) is 3.45. The van der Waals surface area contributed by atoms with Crippen molar-refractivity contribution in [3.63, 3.8) is 0 Å². The number of nitro benzene ring substituents is 1. The molecule has 1 aromatic rings. The van der Waals surface area contributed by atoms with E-state index in [0.717, 1.165) is 12.8 Å². The summed E-state index contributed by atoms with van der Waals surface area (Å²) in [5, 5.41) is 20.3. The SMILES string of the molecule is N#CC(CC1=CCCCC1=O)c1ccccc1[N+](=O)[O-]. The minimum absolute atomic E-state index is 0.0510. The highest BCUT2D eigenvalue weighted by atomic mass is 16.6. The molecule has 0 aliphatic heterocycles. The van der Waals surface area contributed by atoms with Gasteiger partial charge in [0.25, 0.3) is 5.69 Å². The van der Waals surface area contributed by atoms with Crippen molar-refractivity contribution in [2.24, 2.45) is 0 Å². The smallest absolute Gasteiger partial charge is 0.273 e. The summed E-state index contributed by atoms with van der Waals surface area (Å²) < 4.78 is 0. The standard InChI is InChI=1S/C15H14N2O3/c16-10-12(9-11-5-1-4-8-15(11)18)13-6-2-3-7-14(13)17(19)20/h2-3,5-7,12H,1,4,8-9H2. The van der Waals surface area contributed by atoms with Crippen molar-refractivity contribution in [3.05, 3.63) is 51.6 Å². The highest BCUT2D eigenvalue weighted by Crippen LogP contribution is 2.32. The molecule has 2 rings (SSSR count). The number of ketones is 1. The lowest BCUT2D eigenvalue weighted by Crippen LogP contribution is -2.11. The van der Waals surface area contributed by atoms with Gasteiger partial charge in [-0.2, -0.15) is 5.26 Å². The summed E-state index contributed by atoms with van der Waals surface area (Å²) in [4.78, 5) is 22.3. The lowest BCUT2D eigenvalue weighted by atomic mass is 9.87. The molecule has 0 N–H and O–H groups in total. The van der Waals surface area contributed by atoms with Crippen LogP contribution in [0.25, 0.3) is 0 Å². The number of carbonyl (C=O) groups is 1. The van der Waals surface area contributed by atoms with Gasteiger partial charge in [0, 0.05) is 18.1 Å². The summed E-state index contributed by atoms with van der Waals surface area (Å²) in [5.41, 5.74) is 0.933. The van der Waals surface area contributed by atoms with E-state index in [-0.39, 0.29) is 17.9 Å². The number of benzene rings is 1. The Morgan fingerprint density at radius 1 is 1.40 bits per heavy atom. The fourth-order valence-corrected chi connectivity index (χ4v) is 2.40. The molecule has 0 saturated heterocycles. The first-order valence-electron chi connectivity index (χ1n) is 6.48. The molecule has 0 amide bonds. The summed E-state index contributed by atoms with van der Waals surface area (Å²) in [7, 11) is 0. The van der Waals surface area contributed by atoms with E-state index in [1.54, 1.807) is 18.2 Å². The number of Topliss-reactive ketones (excluding diaryl/α,β-unsaturated/α-hetero) is 1. The molecule has 0 bridgehead atoms. The van der Waals surface area contributed by atoms with Gasteiger partial charge in [-0.15, -0.1) is 0 Å². The fraction of sp³-hybridized carbons (Fsp3) is 0.333. The van der Waals surface area contributed by atoms with Crippen molar-refractivity contribution in [2.45, 2.75) is 31.6 Å². The maximum Gasteiger partial charge on any atom is 0.273 e. The lowest BCUT2D eigenvalue weighted by molar-refractivity contribution is -0.385. The molecule has 0 fully saturated rings. The number of carbonyl (C=O) groups excluding carboxylic acids is 1. The van der Waals surface area contributed by atoms with Crippen molar-refractivity contribution in [1.29, 1.82) is 5.26 Å². The Morgan fingerprint density at radius 2 is 2.15 bits per heavy atom. The molecule has 0 radical (unpaired) electrons.